The van der Waals surface area contributed by atoms with Crippen LogP contribution in [-0.4, -0.2) is 60.2 Å². The van der Waals surface area contributed by atoms with Crippen molar-refractivity contribution in [2.75, 3.05) is 49.5 Å². The van der Waals surface area contributed by atoms with Crippen LogP contribution in [0, 0.1) is 0 Å². The molecule has 2 aromatic carbocycles. The van der Waals surface area contributed by atoms with E-state index in [2.05, 4.69) is 69.4 Å². The molecule has 0 amide bonds. The van der Waals surface area contributed by atoms with Gasteiger partial charge in [-0.2, -0.15) is 0 Å². The second kappa shape index (κ2) is 11.1. The molecule has 4 rings (SSSR count). The highest BCUT2D eigenvalue weighted by Crippen LogP contribution is 2.27. The van der Waals surface area contributed by atoms with Crippen molar-refractivity contribution in [1.82, 2.24) is 9.80 Å². The van der Waals surface area contributed by atoms with Gasteiger partial charge in [-0.3, -0.25) is 9.80 Å². The Bertz CT molecular complexity index is 816. The van der Waals surface area contributed by atoms with Gasteiger partial charge in [0.15, 0.2) is 5.11 Å². The van der Waals surface area contributed by atoms with E-state index in [0.29, 0.717) is 11.2 Å². The van der Waals surface area contributed by atoms with Crippen LogP contribution in [0.3, 0.4) is 0 Å². The molecule has 0 radical (unpaired) electrons. The molecular weight excluding hydrogens is 426 g/mol. The number of benzene rings is 2. The molecule has 1 unspecified atom stereocenters. The van der Waals surface area contributed by atoms with Gasteiger partial charge >= 0.3 is 0 Å². The first kappa shape index (κ1) is 23.8. The first-order chi connectivity index (χ1) is 14.6. The van der Waals surface area contributed by atoms with Crippen LogP contribution >= 0.6 is 24.6 Å². The molecule has 0 spiro atoms. The smallest absolute Gasteiger partial charge is 0.168 e. The second-order valence-electron chi connectivity index (χ2n) is 8.41. The molecule has 2 fully saturated rings. The summed E-state index contributed by atoms with van der Waals surface area (Å²) in [6.45, 7) is 9.19. The van der Waals surface area contributed by atoms with Gasteiger partial charge in [0, 0.05) is 62.7 Å². The summed E-state index contributed by atoms with van der Waals surface area (Å²) in [5.74, 6) is 0. The average molecular weight is 460 g/mol. The fourth-order valence-electron chi connectivity index (χ4n) is 4.82. The summed E-state index contributed by atoms with van der Waals surface area (Å²) in [4.78, 5) is 7.84. The third-order valence-corrected chi connectivity index (χ3v) is 6.76. The first-order valence-electron chi connectivity index (χ1n) is 11.0. The van der Waals surface area contributed by atoms with E-state index in [-0.39, 0.29) is 12.4 Å². The number of piperazine rings is 1. The van der Waals surface area contributed by atoms with Crippen molar-refractivity contribution >= 4 is 41.1 Å². The minimum absolute atomic E-state index is 0. The highest BCUT2D eigenvalue weighted by atomic mass is 35.5. The molecule has 3 N–H and O–H groups in total. The summed E-state index contributed by atoms with van der Waals surface area (Å²) in [5, 5.41) is 3.29. The number of piperidine rings is 1. The van der Waals surface area contributed by atoms with Gasteiger partial charge in [0.2, 0.25) is 0 Å². The monoisotopic (exact) mass is 459 g/mol. The Morgan fingerprint density at radius 3 is 2.13 bits per heavy atom. The number of thiocarbonyl (C=S) groups is 1. The van der Waals surface area contributed by atoms with E-state index in [0.717, 1.165) is 37.9 Å². The number of hydrogen-bond donors (Lipinski definition) is 2. The normalized spacial score (nSPS) is 19.5. The Kier molecular flexibility index (Phi) is 8.55. The summed E-state index contributed by atoms with van der Waals surface area (Å²) in [6, 6.07) is 20.5. The summed E-state index contributed by atoms with van der Waals surface area (Å²) in [6.07, 6.45) is 2.55. The van der Waals surface area contributed by atoms with E-state index in [4.69, 9.17) is 18.0 Å². The van der Waals surface area contributed by atoms with Crippen LogP contribution in [0.1, 0.15) is 31.4 Å². The predicted octanol–water partition coefficient (Wildman–Crippen LogP) is 4.11. The molecule has 7 heteroatoms. The maximum Gasteiger partial charge on any atom is 0.168 e. The minimum atomic E-state index is 0. The molecule has 2 aliphatic rings. The van der Waals surface area contributed by atoms with Crippen LogP contribution in [0.5, 0.6) is 0 Å². The van der Waals surface area contributed by atoms with Gasteiger partial charge in [0.05, 0.1) is 0 Å². The fraction of sp³-hybridized carbons (Fsp3) is 0.458. The third kappa shape index (κ3) is 6.10. The Morgan fingerprint density at radius 2 is 1.55 bits per heavy atom. The van der Waals surface area contributed by atoms with Crippen molar-refractivity contribution in [1.29, 1.82) is 0 Å². The van der Waals surface area contributed by atoms with Gasteiger partial charge in [-0.25, -0.2) is 0 Å². The lowest BCUT2D eigenvalue weighted by Crippen LogP contribution is -2.53. The molecule has 2 heterocycles. The van der Waals surface area contributed by atoms with Crippen LogP contribution in [0.15, 0.2) is 54.6 Å². The van der Waals surface area contributed by atoms with Crippen LogP contribution < -0.4 is 16.0 Å². The molecule has 0 bridgehead atoms. The average Bonchev–Trinajstić information content (AvgIpc) is 2.80. The van der Waals surface area contributed by atoms with Gasteiger partial charge in [-0.05, 0) is 61.8 Å². The van der Waals surface area contributed by atoms with Gasteiger partial charge < -0.3 is 16.0 Å². The van der Waals surface area contributed by atoms with Gasteiger partial charge in [-0.1, -0.05) is 30.3 Å². The lowest BCUT2D eigenvalue weighted by atomic mass is 9.98. The van der Waals surface area contributed by atoms with Crippen molar-refractivity contribution in [2.45, 2.75) is 31.8 Å². The number of nitrogens with zero attached hydrogens (tertiary/aromatic N) is 3. The fourth-order valence-corrected chi connectivity index (χ4v) is 4.94. The Morgan fingerprint density at radius 1 is 0.935 bits per heavy atom. The number of anilines is 2. The molecule has 0 saturated carbocycles. The van der Waals surface area contributed by atoms with E-state index >= 15 is 0 Å². The highest BCUT2D eigenvalue weighted by Gasteiger charge is 2.29. The van der Waals surface area contributed by atoms with Crippen molar-refractivity contribution in [3.63, 3.8) is 0 Å². The SMILES string of the molecule is CC(c1ccccc1)N1CCC(N2CCN(c3ccc(NC(N)=S)cc3)CC2)CC1.Cl. The molecule has 2 aliphatic heterocycles. The standard InChI is InChI=1S/C24H33N5S.ClH/c1-19(20-5-3-2-4-6-20)27-13-11-23(12-14-27)29-17-15-28(16-18-29)22-9-7-21(8-10-22)26-24(25)30;/h2-10,19,23H,11-18H2,1H3,(H3,25,26,30);1H. The zero-order chi connectivity index (χ0) is 20.9. The molecule has 0 aliphatic carbocycles. The van der Waals surface area contributed by atoms with Gasteiger partial charge in [-0.15, -0.1) is 12.4 Å². The number of nitrogens with two attached hydrogens (primary N) is 1. The first-order valence-corrected chi connectivity index (χ1v) is 11.5. The van der Waals surface area contributed by atoms with Crippen LogP contribution in [-0.2, 0) is 0 Å². The summed E-state index contributed by atoms with van der Waals surface area (Å²) < 4.78 is 0. The van der Waals surface area contributed by atoms with Gasteiger partial charge in [0.1, 0.15) is 0 Å². The van der Waals surface area contributed by atoms with E-state index in [9.17, 15) is 0 Å². The summed E-state index contributed by atoms with van der Waals surface area (Å²) in [5.41, 5.74) is 9.20. The van der Waals surface area contributed by atoms with Crippen molar-refractivity contribution in [3.05, 3.63) is 60.2 Å². The Labute approximate surface area is 198 Å². The zero-order valence-electron chi connectivity index (χ0n) is 18.2. The maximum atomic E-state index is 5.55. The zero-order valence-corrected chi connectivity index (χ0v) is 19.9. The number of rotatable bonds is 5. The van der Waals surface area contributed by atoms with E-state index in [1.807, 2.05) is 12.1 Å². The van der Waals surface area contributed by atoms with Crippen LogP contribution in [0.4, 0.5) is 11.4 Å². The molecule has 0 aromatic heterocycles. The predicted molar refractivity (Wildman–Crippen MR) is 137 cm³/mol. The largest absolute Gasteiger partial charge is 0.376 e. The molecular formula is C24H34ClN5S. The quantitative estimate of drug-likeness (QED) is 0.656. The summed E-state index contributed by atoms with van der Waals surface area (Å²) in [7, 11) is 0. The lowest BCUT2D eigenvalue weighted by molar-refractivity contribution is 0.0840. The highest BCUT2D eigenvalue weighted by molar-refractivity contribution is 7.80. The van der Waals surface area contributed by atoms with Gasteiger partial charge in [0.25, 0.3) is 0 Å². The van der Waals surface area contributed by atoms with Crippen molar-refractivity contribution < 1.29 is 0 Å². The van der Waals surface area contributed by atoms with Crippen LogP contribution in [0.2, 0.25) is 0 Å². The van der Waals surface area contributed by atoms with Crippen LogP contribution in [0.25, 0.3) is 0 Å². The van der Waals surface area contributed by atoms with E-state index in [1.54, 1.807) is 0 Å². The van der Waals surface area contributed by atoms with Crippen molar-refractivity contribution in [2.24, 2.45) is 5.73 Å². The number of likely N-dealkylation sites (tertiary alicyclic amines) is 1. The van der Waals surface area contributed by atoms with E-state index in [1.165, 1.54) is 37.2 Å². The number of nitrogens with one attached hydrogen (secondary N) is 1. The number of halogens is 1. The molecule has 2 aromatic rings. The molecule has 31 heavy (non-hydrogen) atoms. The minimum Gasteiger partial charge on any atom is -0.376 e. The summed E-state index contributed by atoms with van der Waals surface area (Å²) >= 11 is 4.90. The molecule has 2 saturated heterocycles. The molecule has 168 valence electrons. The molecule has 5 nitrogen and oxygen atoms in total. The second-order valence-corrected chi connectivity index (χ2v) is 8.85. The van der Waals surface area contributed by atoms with E-state index < -0.39 is 0 Å². The third-order valence-electron chi connectivity index (χ3n) is 6.66. The van der Waals surface area contributed by atoms with Crippen molar-refractivity contribution in [3.8, 4) is 0 Å². The Hall–Kier alpha value is -1.86. The topological polar surface area (TPSA) is 47.8 Å². The number of hydrogen-bond acceptors (Lipinski definition) is 4. The molecule has 1 atom stereocenters. The Balaban J connectivity index is 0.00000272. The maximum absolute atomic E-state index is 5.55. The lowest BCUT2D eigenvalue weighted by Gasteiger charge is -2.44.